The summed E-state index contributed by atoms with van der Waals surface area (Å²) >= 11 is 0. The summed E-state index contributed by atoms with van der Waals surface area (Å²) in [5.74, 6) is -0.306. The van der Waals surface area contributed by atoms with Crippen LogP contribution in [0.3, 0.4) is 0 Å². The fourth-order valence-electron chi connectivity index (χ4n) is 1.64. The van der Waals surface area contributed by atoms with Gasteiger partial charge < -0.3 is 10.4 Å². The first-order valence-corrected chi connectivity index (χ1v) is 6.48. The summed E-state index contributed by atoms with van der Waals surface area (Å²) in [4.78, 5) is 16.1. The first-order chi connectivity index (χ1) is 9.58. The topological polar surface area (TPSA) is 80.0 Å². The first-order valence-electron chi connectivity index (χ1n) is 6.48. The van der Waals surface area contributed by atoms with Gasteiger partial charge in [-0.15, -0.1) is 5.10 Å². The number of carbonyl (C=O) groups is 1. The summed E-state index contributed by atoms with van der Waals surface area (Å²) in [5.41, 5.74) is 0.175. The Morgan fingerprint density at radius 2 is 2.10 bits per heavy atom. The number of rotatable bonds is 5. The summed E-state index contributed by atoms with van der Waals surface area (Å²) in [6.07, 6.45) is 2.11. The van der Waals surface area contributed by atoms with Crippen molar-refractivity contribution in [3.63, 3.8) is 0 Å². The number of nitrogens with zero attached hydrogens (tertiary/aromatic N) is 3. The number of aliphatic hydroxyl groups excluding tert-OH is 1. The molecule has 0 fully saturated rings. The predicted octanol–water partition coefficient (Wildman–Crippen LogP) is 1.16. The molecule has 0 aliphatic rings. The number of carbonyl (C=O) groups excluding carboxylic acids is 1. The van der Waals surface area contributed by atoms with E-state index in [1.54, 1.807) is 6.92 Å². The molecule has 0 bridgehead atoms. The van der Waals surface area contributed by atoms with Crippen LogP contribution in [-0.2, 0) is 0 Å². The van der Waals surface area contributed by atoms with Crippen molar-refractivity contribution in [2.45, 2.75) is 25.8 Å². The third-order valence-corrected chi connectivity index (χ3v) is 3.26. The SMILES string of the molecule is CCC(C)(CO)NC(=O)c1ncn(-c2ccccc2)n1. The molecule has 1 unspecified atom stereocenters. The van der Waals surface area contributed by atoms with Gasteiger partial charge >= 0.3 is 0 Å². The number of para-hydroxylation sites is 1. The molecule has 1 amide bonds. The van der Waals surface area contributed by atoms with Crippen LogP contribution in [0.25, 0.3) is 5.69 Å². The zero-order valence-electron chi connectivity index (χ0n) is 11.6. The minimum absolute atomic E-state index is 0.0852. The van der Waals surface area contributed by atoms with Crippen molar-refractivity contribution in [1.82, 2.24) is 20.1 Å². The van der Waals surface area contributed by atoms with Gasteiger partial charge in [0.25, 0.3) is 5.91 Å². The van der Waals surface area contributed by atoms with E-state index in [0.29, 0.717) is 6.42 Å². The van der Waals surface area contributed by atoms with Crippen LogP contribution >= 0.6 is 0 Å². The summed E-state index contributed by atoms with van der Waals surface area (Å²) in [6.45, 7) is 3.54. The number of nitrogens with one attached hydrogen (secondary N) is 1. The van der Waals surface area contributed by atoms with Crippen LogP contribution in [0.5, 0.6) is 0 Å². The molecule has 0 saturated heterocycles. The molecule has 0 saturated carbocycles. The molecule has 1 aromatic carbocycles. The fraction of sp³-hybridized carbons (Fsp3) is 0.357. The number of benzene rings is 1. The fourth-order valence-corrected chi connectivity index (χ4v) is 1.64. The monoisotopic (exact) mass is 274 g/mol. The third-order valence-electron chi connectivity index (χ3n) is 3.26. The molecule has 0 aliphatic carbocycles. The molecule has 20 heavy (non-hydrogen) atoms. The molecule has 2 aromatic rings. The van der Waals surface area contributed by atoms with Crippen molar-refractivity contribution in [3.05, 3.63) is 42.5 Å². The minimum Gasteiger partial charge on any atom is -0.394 e. The van der Waals surface area contributed by atoms with Crippen LogP contribution < -0.4 is 5.32 Å². The van der Waals surface area contributed by atoms with Gasteiger partial charge in [0.15, 0.2) is 0 Å². The molecule has 6 heteroatoms. The van der Waals surface area contributed by atoms with Gasteiger partial charge in [-0.1, -0.05) is 25.1 Å². The molecule has 2 rings (SSSR count). The van der Waals surface area contributed by atoms with Crippen LogP contribution in [0.2, 0.25) is 0 Å². The molecule has 1 aromatic heterocycles. The Labute approximate surface area is 117 Å². The van der Waals surface area contributed by atoms with E-state index in [9.17, 15) is 9.90 Å². The van der Waals surface area contributed by atoms with Crippen LogP contribution in [-0.4, -0.2) is 37.9 Å². The maximum atomic E-state index is 12.1. The molecule has 0 spiro atoms. The highest BCUT2D eigenvalue weighted by atomic mass is 16.3. The van der Waals surface area contributed by atoms with Crippen molar-refractivity contribution >= 4 is 5.91 Å². The molecular weight excluding hydrogens is 256 g/mol. The van der Waals surface area contributed by atoms with E-state index in [1.807, 2.05) is 37.3 Å². The van der Waals surface area contributed by atoms with Gasteiger partial charge in [-0.05, 0) is 25.5 Å². The number of amides is 1. The van der Waals surface area contributed by atoms with E-state index >= 15 is 0 Å². The Morgan fingerprint density at radius 3 is 2.70 bits per heavy atom. The highest BCUT2D eigenvalue weighted by Crippen LogP contribution is 2.09. The lowest BCUT2D eigenvalue weighted by atomic mass is 10.0. The zero-order valence-corrected chi connectivity index (χ0v) is 11.6. The number of aromatic nitrogens is 3. The Morgan fingerprint density at radius 1 is 1.40 bits per heavy atom. The van der Waals surface area contributed by atoms with Crippen molar-refractivity contribution in [2.75, 3.05) is 6.61 Å². The van der Waals surface area contributed by atoms with Gasteiger partial charge in [-0.2, -0.15) is 0 Å². The number of hydrogen-bond acceptors (Lipinski definition) is 4. The van der Waals surface area contributed by atoms with Crippen molar-refractivity contribution in [2.24, 2.45) is 0 Å². The van der Waals surface area contributed by atoms with Crippen molar-refractivity contribution in [1.29, 1.82) is 0 Å². The van der Waals surface area contributed by atoms with Crippen molar-refractivity contribution in [3.8, 4) is 5.69 Å². The normalized spacial score (nSPS) is 13.8. The van der Waals surface area contributed by atoms with Gasteiger partial charge in [-0.25, -0.2) is 9.67 Å². The summed E-state index contributed by atoms with van der Waals surface area (Å²) in [6, 6.07) is 9.43. The molecule has 0 aliphatic heterocycles. The molecule has 1 atom stereocenters. The highest BCUT2D eigenvalue weighted by Gasteiger charge is 2.25. The minimum atomic E-state index is -0.657. The molecule has 0 radical (unpaired) electrons. The van der Waals surface area contributed by atoms with E-state index in [2.05, 4.69) is 15.4 Å². The molecule has 6 nitrogen and oxygen atoms in total. The Balaban J connectivity index is 2.15. The third kappa shape index (κ3) is 3.03. The highest BCUT2D eigenvalue weighted by molar-refractivity contribution is 5.90. The van der Waals surface area contributed by atoms with Crippen LogP contribution in [0.1, 0.15) is 30.9 Å². The Bertz CT molecular complexity index is 576. The Hall–Kier alpha value is -2.21. The predicted molar refractivity (Wildman–Crippen MR) is 74.6 cm³/mol. The van der Waals surface area contributed by atoms with E-state index in [4.69, 9.17) is 0 Å². The van der Waals surface area contributed by atoms with Crippen LogP contribution in [0.15, 0.2) is 36.7 Å². The maximum absolute atomic E-state index is 12.1. The quantitative estimate of drug-likeness (QED) is 0.857. The smallest absolute Gasteiger partial charge is 0.291 e. The van der Waals surface area contributed by atoms with Crippen LogP contribution in [0, 0.1) is 0 Å². The zero-order chi connectivity index (χ0) is 14.6. The second kappa shape index (κ2) is 5.83. The second-order valence-electron chi connectivity index (χ2n) is 4.87. The van der Waals surface area contributed by atoms with Crippen molar-refractivity contribution < 1.29 is 9.90 Å². The molecular formula is C14H18N4O2. The van der Waals surface area contributed by atoms with E-state index in [0.717, 1.165) is 5.69 Å². The van der Waals surface area contributed by atoms with E-state index in [1.165, 1.54) is 11.0 Å². The van der Waals surface area contributed by atoms with Gasteiger partial charge in [0.1, 0.15) is 6.33 Å². The lowest BCUT2D eigenvalue weighted by molar-refractivity contribution is 0.0837. The number of hydrogen-bond donors (Lipinski definition) is 2. The van der Waals surface area contributed by atoms with Gasteiger partial charge in [0.05, 0.1) is 17.8 Å². The molecule has 1 heterocycles. The number of aliphatic hydroxyl groups is 1. The lowest BCUT2D eigenvalue weighted by Gasteiger charge is -2.26. The second-order valence-corrected chi connectivity index (χ2v) is 4.87. The summed E-state index contributed by atoms with van der Waals surface area (Å²) in [5, 5.41) is 16.2. The van der Waals surface area contributed by atoms with Crippen LogP contribution in [0.4, 0.5) is 0 Å². The Kier molecular flexibility index (Phi) is 4.14. The standard InChI is InChI=1S/C14H18N4O2/c1-3-14(2,9-19)16-13(20)12-15-10-18(17-12)11-7-5-4-6-8-11/h4-8,10,19H,3,9H2,1-2H3,(H,16,20). The molecule has 2 N–H and O–H groups in total. The average Bonchev–Trinajstić information content (AvgIpc) is 2.98. The summed E-state index contributed by atoms with van der Waals surface area (Å²) < 4.78 is 1.54. The van der Waals surface area contributed by atoms with Gasteiger partial charge in [-0.3, -0.25) is 4.79 Å². The summed E-state index contributed by atoms with van der Waals surface area (Å²) in [7, 11) is 0. The maximum Gasteiger partial charge on any atom is 0.291 e. The van der Waals surface area contributed by atoms with Gasteiger partial charge in [0, 0.05) is 0 Å². The largest absolute Gasteiger partial charge is 0.394 e. The van der Waals surface area contributed by atoms with E-state index < -0.39 is 11.4 Å². The van der Waals surface area contributed by atoms with Gasteiger partial charge in [0.2, 0.25) is 5.82 Å². The van der Waals surface area contributed by atoms with E-state index in [-0.39, 0.29) is 12.4 Å². The molecule has 106 valence electrons. The lowest BCUT2D eigenvalue weighted by Crippen LogP contribution is -2.48. The average molecular weight is 274 g/mol. The first kappa shape index (κ1) is 14.2.